The Morgan fingerprint density at radius 1 is 1.35 bits per heavy atom. The number of carbonyl (C=O) groups is 2. The van der Waals surface area contributed by atoms with E-state index in [-0.39, 0.29) is 11.8 Å². The smallest absolute Gasteiger partial charge is 0.235 e. The Balaban J connectivity index is 1.70. The summed E-state index contributed by atoms with van der Waals surface area (Å²) in [7, 11) is 0. The summed E-state index contributed by atoms with van der Waals surface area (Å²) in [6.45, 7) is 1.29. The average Bonchev–Trinajstić information content (AvgIpc) is 3.10. The minimum Gasteiger partial charge on any atom is -0.354 e. The maximum atomic E-state index is 12.0. The van der Waals surface area contributed by atoms with Gasteiger partial charge in [0.05, 0.1) is 15.6 Å². The molecule has 1 spiro atoms. The molecule has 7 heteroatoms. The number of nitrogens with zero attached hydrogens (tertiary/aromatic N) is 3. The van der Waals surface area contributed by atoms with Gasteiger partial charge in [0.25, 0.3) is 0 Å². The van der Waals surface area contributed by atoms with E-state index in [1.165, 1.54) is 0 Å². The molecule has 0 aromatic carbocycles. The van der Waals surface area contributed by atoms with E-state index < -0.39 is 5.41 Å². The van der Waals surface area contributed by atoms with Gasteiger partial charge in [0.15, 0.2) is 0 Å². The van der Waals surface area contributed by atoms with Crippen LogP contribution in [-0.4, -0.2) is 34.9 Å². The molecule has 2 saturated heterocycles. The lowest BCUT2D eigenvalue weighted by molar-refractivity contribution is -0.127. The molecular weight excluding hydrogens is 276 g/mol. The van der Waals surface area contributed by atoms with Crippen molar-refractivity contribution in [3.63, 3.8) is 0 Å². The second-order valence-electron chi connectivity index (χ2n) is 5.34. The summed E-state index contributed by atoms with van der Waals surface area (Å²) < 4.78 is 1.04. The van der Waals surface area contributed by atoms with Crippen LogP contribution in [0.25, 0.3) is 10.2 Å². The third-order valence-electron chi connectivity index (χ3n) is 4.11. The molecule has 2 fully saturated rings. The largest absolute Gasteiger partial charge is 0.354 e. The predicted molar refractivity (Wildman–Crippen MR) is 74.4 cm³/mol. The van der Waals surface area contributed by atoms with Crippen LogP contribution in [0.15, 0.2) is 17.8 Å². The van der Waals surface area contributed by atoms with Crippen LogP contribution in [0.2, 0.25) is 0 Å². The summed E-state index contributed by atoms with van der Waals surface area (Å²) in [5.41, 5.74) is 0.360. The molecule has 102 valence electrons. The van der Waals surface area contributed by atoms with Crippen molar-refractivity contribution in [1.82, 2.24) is 15.3 Å². The van der Waals surface area contributed by atoms with E-state index in [0.29, 0.717) is 19.4 Å². The number of imide groups is 1. The Bertz CT molecular complexity index is 728. The molecule has 2 amide bonds. The van der Waals surface area contributed by atoms with E-state index in [4.69, 9.17) is 0 Å². The molecule has 0 unspecified atom stereocenters. The number of anilines is 1. The van der Waals surface area contributed by atoms with Crippen LogP contribution in [0.5, 0.6) is 0 Å². The van der Waals surface area contributed by atoms with Crippen molar-refractivity contribution in [3.8, 4) is 0 Å². The number of nitrogens with one attached hydrogen (secondary N) is 1. The number of carbonyl (C=O) groups excluding carboxylic acids is 2. The molecule has 2 aliphatic heterocycles. The van der Waals surface area contributed by atoms with Crippen molar-refractivity contribution in [1.29, 1.82) is 0 Å². The van der Waals surface area contributed by atoms with Crippen LogP contribution in [0.4, 0.5) is 5.82 Å². The van der Waals surface area contributed by atoms with Gasteiger partial charge in [0.1, 0.15) is 12.1 Å². The average molecular weight is 288 g/mol. The van der Waals surface area contributed by atoms with Gasteiger partial charge in [0, 0.05) is 19.5 Å². The summed E-state index contributed by atoms with van der Waals surface area (Å²) in [5.74, 6) is 0.566. The second-order valence-corrected chi connectivity index (χ2v) is 6.25. The zero-order valence-electron chi connectivity index (χ0n) is 10.6. The van der Waals surface area contributed by atoms with Gasteiger partial charge in [-0.2, -0.15) is 0 Å². The molecule has 0 saturated carbocycles. The van der Waals surface area contributed by atoms with Crippen LogP contribution >= 0.6 is 11.3 Å². The Morgan fingerprint density at radius 3 is 3.05 bits per heavy atom. The first-order valence-corrected chi connectivity index (χ1v) is 7.33. The zero-order valence-corrected chi connectivity index (χ0v) is 11.4. The van der Waals surface area contributed by atoms with Crippen LogP contribution in [0.1, 0.15) is 12.8 Å². The maximum Gasteiger partial charge on any atom is 0.235 e. The Hall–Kier alpha value is -2.02. The first kappa shape index (κ1) is 11.8. The van der Waals surface area contributed by atoms with Crippen LogP contribution in [0, 0.1) is 5.41 Å². The number of rotatable bonds is 1. The molecule has 6 nitrogen and oxygen atoms in total. The van der Waals surface area contributed by atoms with Gasteiger partial charge in [-0.15, -0.1) is 11.3 Å². The molecule has 4 heterocycles. The van der Waals surface area contributed by atoms with Crippen molar-refractivity contribution >= 4 is 39.2 Å². The fourth-order valence-electron chi connectivity index (χ4n) is 3.07. The van der Waals surface area contributed by atoms with Crippen molar-refractivity contribution in [2.24, 2.45) is 5.41 Å². The fraction of sp³-hybridized carbons (Fsp3) is 0.385. The highest BCUT2D eigenvalue weighted by atomic mass is 32.1. The molecule has 1 N–H and O–H groups in total. The van der Waals surface area contributed by atoms with E-state index in [1.807, 2.05) is 11.4 Å². The summed E-state index contributed by atoms with van der Waals surface area (Å²) in [4.78, 5) is 34.2. The lowest BCUT2D eigenvalue weighted by Gasteiger charge is -2.21. The first-order chi connectivity index (χ1) is 9.68. The molecule has 1 atom stereocenters. The Morgan fingerprint density at radius 2 is 2.25 bits per heavy atom. The van der Waals surface area contributed by atoms with E-state index in [9.17, 15) is 9.59 Å². The highest BCUT2D eigenvalue weighted by molar-refractivity contribution is 7.17. The predicted octanol–water partition coefficient (Wildman–Crippen LogP) is 0.934. The third-order valence-corrected chi connectivity index (χ3v) is 5.01. The van der Waals surface area contributed by atoms with Gasteiger partial charge in [-0.25, -0.2) is 9.97 Å². The summed E-state index contributed by atoms with van der Waals surface area (Å²) in [5, 5.41) is 4.41. The van der Waals surface area contributed by atoms with Gasteiger partial charge < -0.3 is 4.90 Å². The quantitative estimate of drug-likeness (QED) is 0.790. The Kier molecular flexibility index (Phi) is 2.35. The lowest BCUT2D eigenvalue weighted by Crippen LogP contribution is -2.34. The fourth-order valence-corrected chi connectivity index (χ4v) is 3.94. The standard InChI is InChI=1S/C13H12N4O2S/c18-9-5-13(12(19)16-9)2-3-17(6-13)11-10-8(1-4-20-10)14-7-15-11/h1,4,7H,2-3,5-6H2,(H,16,18,19)/t13-/m1/s1. The number of amides is 2. The molecule has 2 aliphatic rings. The molecule has 2 aromatic rings. The van der Waals surface area contributed by atoms with Gasteiger partial charge in [-0.3, -0.25) is 14.9 Å². The van der Waals surface area contributed by atoms with Crippen LogP contribution in [0.3, 0.4) is 0 Å². The number of thiophene rings is 1. The summed E-state index contributed by atoms with van der Waals surface area (Å²) >= 11 is 1.60. The molecule has 4 rings (SSSR count). The van der Waals surface area contributed by atoms with Gasteiger partial charge in [-0.1, -0.05) is 0 Å². The number of hydrogen-bond donors (Lipinski definition) is 1. The van der Waals surface area contributed by atoms with Crippen molar-refractivity contribution in [2.75, 3.05) is 18.0 Å². The van der Waals surface area contributed by atoms with Crippen LogP contribution in [-0.2, 0) is 9.59 Å². The zero-order chi connectivity index (χ0) is 13.7. The monoisotopic (exact) mass is 288 g/mol. The summed E-state index contributed by atoms with van der Waals surface area (Å²) in [6.07, 6.45) is 2.54. The minimum absolute atomic E-state index is 0.138. The normalized spacial score (nSPS) is 25.9. The topological polar surface area (TPSA) is 75.2 Å². The van der Waals surface area contributed by atoms with E-state index in [0.717, 1.165) is 22.6 Å². The van der Waals surface area contributed by atoms with Crippen molar-refractivity contribution in [2.45, 2.75) is 12.8 Å². The van der Waals surface area contributed by atoms with Crippen molar-refractivity contribution < 1.29 is 9.59 Å². The second kappa shape index (κ2) is 3.99. The minimum atomic E-state index is -0.564. The van der Waals surface area contributed by atoms with E-state index in [2.05, 4.69) is 20.2 Å². The molecule has 2 aromatic heterocycles. The van der Waals surface area contributed by atoms with Gasteiger partial charge in [0.2, 0.25) is 11.8 Å². The Labute approximate surface area is 118 Å². The number of aromatic nitrogens is 2. The lowest BCUT2D eigenvalue weighted by atomic mass is 9.85. The number of fused-ring (bicyclic) bond motifs is 1. The molecule has 20 heavy (non-hydrogen) atoms. The van der Waals surface area contributed by atoms with Gasteiger partial charge in [-0.05, 0) is 17.9 Å². The molecule has 0 bridgehead atoms. The van der Waals surface area contributed by atoms with Crippen molar-refractivity contribution in [3.05, 3.63) is 17.8 Å². The van der Waals surface area contributed by atoms with Crippen LogP contribution < -0.4 is 10.2 Å². The third kappa shape index (κ3) is 1.56. The van der Waals surface area contributed by atoms with Gasteiger partial charge >= 0.3 is 0 Å². The molecule has 0 radical (unpaired) electrons. The SMILES string of the molecule is O=C1C[C@@]2(CCN(c3ncnc4ccsc34)C2)C(=O)N1. The highest BCUT2D eigenvalue weighted by Gasteiger charge is 2.51. The van der Waals surface area contributed by atoms with E-state index in [1.54, 1.807) is 17.7 Å². The summed E-state index contributed by atoms with van der Waals surface area (Å²) in [6, 6.07) is 1.96. The van der Waals surface area contributed by atoms with E-state index >= 15 is 0 Å². The number of hydrogen-bond acceptors (Lipinski definition) is 6. The molecular formula is C13H12N4O2S. The highest BCUT2D eigenvalue weighted by Crippen LogP contribution is 2.40. The maximum absolute atomic E-state index is 12.0. The first-order valence-electron chi connectivity index (χ1n) is 6.45. The molecule has 0 aliphatic carbocycles.